The number of hydrogen-bond acceptors (Lipinski definition) is 6. The number of benzene rings is 2. The van der Waals surface area contributed by atoms with Crippen LogP contribution in [-0.4, -0.2) is 32.6 Å². The molecule has 0 spiro atoms. The lowest BCUT2D eigenvalue weighted by Gasteiger charge is -2.13. The van der Waals surface area contributed by atoms with Crippen molar-refractivity contribution in [2.45, 2.75) is 31.6 Å². The lowest BCUT2D eigenvalue weighted by atomic mass is 10.1. The van der Waals surface area contributed by atoms with E-state index >= 15 is 0 Å². The van der Waals surface area contributed by atoms with Gasteiger partial charge in [0.15, 0.2) is 0 Å². The van der Waals surface area contributed by atoms with Crippen molar-refractivity contribution in [1.29, 1.82) is 0 Å². The topological polar surface area (TPSA) is 90.3 Å². The normalized spacial score (nSPS) is 16.1. The summed E-state index contributed by atoms with van der Waals surface area (Å²) in [4.78, 5) is 40.4. The first-order valence-electron chi connectivity index (χ1n) is 9.77. The van der Waals surface area contributed by atoms with E-state index in [9.17, 15) is 14.4 Å². The van der Waals surface area contributed by atoms with Crippen LogP contribution in [0.3, 0.4) is 0 Å². The maximum atomic E-state index is 12.8. The van der Waals surface area contributed by atoms with Crippen molar-refractivity contribution in [1.82, 2.24) is 14.9 Å². The molecule has 1 unspecified atom stereocenters. The van der Waals surface area contributed by atoms with Gasteiger partial charge in [-0.3, -0.25) is 24.3 Å². The molecule has 2 aromatic carbocycles. The van der Waals surface area contributed by atoms with Crippen molar-refractivity contribution < 1.29 is 14.3 Å². The van der Waals surface area contributed by atoms with Gasteiger partial charge in [-0.1, -0.05) is 43.0 Å². The minimum Gasteiger partial charge on any atom is -0.492 e. The number of carbonyl (C=O) groups is 2. The molecule has 0 bridgehead atoms. The Morgan fingerprint density at radius 3 is 2.57 bits per heavy atom. The Kier molecular flexibility index (Phi) is 5.85. The van der Waals surface area contributed by atoms with Crippen LogP contribution in [0.4, 0.5) is 4.79 Å². The summed E-state index contributed by atoms with van der Waals surface area (Å²) in [5, 5.41) is 2.22. The number of thioether (sulfide) groups is 1. The summed E-state index contributed by atoms with van der Waals surface area (Å²) in [6, 6.07) is 14.8. The molecule has 4 rings (SSSR count). The molecule has 0 saturated carbocycles. The van der Waals surface area contributed by atoms with E-state index in [0.29, 0.717) is 42.6 Å². The van der Waals surface area contributed by atoms with E-state index in [1.807, 2.05) is 49.4 Å². The summed E-state index contributed by atoms with van der Waals surface area (Å²) in [5.41, 5.74) is 1.61. The van der Waals surface area contributed by atoms with Crippen LogP contribution in [0.25, 0.3) is 10.9 Å². The van der Waals surface area contributed by atoms with Gasteiger partial charge in [-0.25, -0.2) is 4.98 Å². The number of amides is 2. The summed E-state index contributed by atoms with van der Waals surface area (Å²) >= 11 is 1.02. The highest BCUT2D eigenvalue weighted by Gasteiger charge is 2.31. The maximum Gasteiger partial charge on any atom is 0.286 e. The monoisotopic (exact) mass is 423 g/mol. The molecule has 1 fully saturated rings. The summed E-state index contributed by atoms with van der Waals surface area (Å²) in [6.07, 6.45) is 1.14. The molecule has 30 heavy (non-hydrogen) atoms. The molecule has 1 aliphatic heterocycles. The third-order valence-electron chi connectivity index (χ3n) is 4.95. The third kappa shape index (κ3) is 4.23. The first kappa shape index (κ1) is 20.2. The number of nitrogens with zero attached hydrogens (tertiary/aromatic N) is 2. The van der Waals surface area contributed by atoms with Crippen LogP contribution in [-0.2, 0) is 24.2 Å². The van der Waals surface area contributed by atoms with Gasteiger partial charge >= 0.3 is 0 Å². The number of hydrogen-bond donors (Lipinski definition) is 1. The summed E-state index contributed by atoms with van der Waals surface area (Å²) in [7, 11) is 0. The van der Waals surface area contributed by atoms with E-state index in [4.69, 9.17) is 4.74 Å². The second-order valence-electron chi connectivity index (χ2n) is 6.94. The Balaban J connectivity index is 1.40. The van der Waals surface area contributed by atoms with Gasteiger partial charge in [0.25, 0.3) is 10.8 Å². The quantitative estimate of drug-likeness (QED) is 0.628. The highest BCUT2D eigenvalue weighted by atomic mass is 32.2. The van der Waals surface area contributed by atoms with E-state index < -0.39 is 0 Å². The van der Waals surface area contributed by atoms with Crippen molar-refractivity contribution in [3.8, 4) is 5.75 Å². The molecule has 1 aromatic heterocycles. The van der Waals surface area contributed by atoms with Crippen LogP contribution in [0.2, 0.25) is 0 Å². The first-order chi connectivity index (χ1) is 14.5. The number of nitrogens with one attached hydrogen (secondary N) is 1. The highest BCUT2D eigenvalue weighted by molar-refractivity contribution is 8.15. The molecule has 2 amide bonds. The molecule has 1 N–H and O–H groups in total. The van der Waals surface area contributed by atoms with Crippen molar-refractivity contribution in [2.24, 2.45) is 0 Å². The van der Waals surface area contributed by atoms with Gasteiger partial charge in [0, 0.05) is 6.42 Å². The average Bonchev–Trinajstić information content (AvgIpc) is 3.07. The average molecular weight is 423 g/mol. The zero-order valence-electron chi connectivity index (χ0n) is 16.5. The van der Waals surface area contributed by atoms with Gasteiger partial charge in [0.1, 0.15) is 18.2 Å². The highest BCUT2D eigenvalue weighted by Crippen LogP contribution is 2.23. The predicted molar refractivity (Wildman–Crippen MR) is 116 cm³/mol. The summed E-state index contributed by atoms with van der Waals surface area (Å²) < 4.78 is 7.48. The fourth-order valence-electron chi connectivity index (χ4n) is 3.43. The van der Waals surface area contributed by atoms with E-state index in [-0.39, 0.29) is 22.0 Å². The number of aryl methyl sites for hydroxylation is 1. The molecule has 1 atom stereocenters. The number of carbonyl (C=O) groups excluding carboxylic acids is 2. The first-order valence-corrected chi connectivity index (χ1v) is 10.6. The van der Waals surface area contributed by atoms with Crippen molar-refractivity contribution in [2.75, 3.05) is 6.61 Å². The SMILES string of the molecule is CCc1nc2ccccc2c(=O)n1CCOc1ccc(CC2SC(=O)NC2=O)cc1. The number of rotatable bonds is 7. The van der Waals surface area contributed by atoms with Gasteiger partial charge < -0.3 is 4.74 Å². The van der Waals surface area contributed by atoms with Crippen LogP contribution in [0.15, 0.2) is 53.3 Å². The van der Waals surface area contributed by atoms with Crippen LogP contribution >= 0.6 is 11.8 Å². The Morgan fingerprint density at radius 2 is 1.87 bits per heavy atom. The fraction of sp³-hybridized carbons (Fsp3) is 0.273. The molecule has 8 heteroatoms. The molecule has 1 saturated heterocycles. The fourth-order valence-corrected chi connectivity index (χ4v) is 4.29. The largest absolute Gasteiger partial charge is 0.492 e. The van der Waals surface area contributed by atoms with Crippen molar-refractivity contribution >= 4 is 33.8 Å². The van der Waals surface area contributed by atoms with E-state index in [2.05, 4.69) is 10.3 Å². The second-order valence-corrected chi connectivity index (χ2v) is 8.11. The molecule has 154 valence electrons. The Hall–Kier alpha value is -3.13. The van der Waals surface area contributed by atoms with Crippen LogP contribution in [0, 0.1) is 0 Å². The van der Waals surface area contributed by atoms with Gasteiger partial charge in [0.05, 0.1) is 22.7 Å². The van der Waals surface area contributed by atoms with Crippen LogP contribution in [0.5, 0.6) is 5.75 Å². The van der Waals surface area contributed by atoms with E-state index in [1.54, 1.807) is 10.6 Å². The predicted octanol–water partition coefficient (Wildman–Crippen LogP) is 2.93. The Bertz CT molecular complexity index is 1160. The molecule has 3 aromatic rings. The number of para-hydroxylation sites is 1. The number of fused-ring (bicyclic) bond motifs is 1. The number of imide groups is 1. The van der Waals surface area contributed by atoms with Gasteiger partial charge in [-0.05, 0) is 36.2 Å². The number of aromatic nitrogens is 2. The summed E-state index contributed by atoms with van der Waals surface area (Å²) in [5.74, 6) is 1.17. The van der Waals surface area contributed by atoms with E-state index in [0.717, 1.165) is 23.1 Å². The molecular weight excluding hydrogens is 402 g/mol. The molecule has 0 radical (unpaired) electrons. The van der Waals surface area contributed by atoms with Gasteiger partial charge in [-0.15, -0.1) is 0 Å². The molecule has 1 aliphatic rings. The van der Waals surface area contributed by atoms with E-state index in [1.165, 1.54) is 0 Å². The van der Waals surface area contributed by atoms with Gasteiger partial charge in [0.2, 0.25) is 5.91 Å². The van der Waals surface area contributed by atoms with Gasteiger partial charge in [-0.2, -0.15) is 0 Å². The zero-order chi connectivity index (χ0) is 21.1. The second kappa shape index (κ2) is 8.71. The van der Waals surface area contributed by atoms with Crippen molar-refractivity contribution in [3.05, 3.63) is 70.3 Å². The lowest BCUT2D eigenvalue weighted by molar-refractivity contribution is -0.118. The minimum absolute atomic E-state index is 0.0571. The van der Waals surface area contributed by atoms with Crippen LogP contribution in [0.1, 0.15) is 18.3 Å². The third-order valence-corrected chi connectivity index (χ3v) is 5.93. The summed E-state index contributed by atoms with van der Waals surface area (Å²) in [6.45, 7) is 2.72. The number of ether oxygens (including phenoxy) is 1. The molecular formula is C22H21N3O4S. The minimum atomic E-state index is -0.385. The zero-order valence-corrected chi connectivity index (χ0v) is 17.3. The smallest absolute Gasteiger partial charge is 0.286 e. The lowest BCUT2D eigenvalue weighted by Crippen LogP contribution is -2.27. The Morgan fingerprint density at radius 1 is 1.10 bits per heavy atom. The molecule has 7 nitrogen and oxygen atoms in total. The van der Waals surface area contributed by atoms with Crippen LogP contribution < -0.4 is 15.6 Å². The Labute approximate surface area is 177 Å². The standard InChI is InChI=1S/C22H21N3O4S/c1-2-19-23-17-6-4-3-5-16(17)21(27)25(19)11-12-29-15-9-7-14(8-10-15)13-18-20(26)24-22(28)30-18/h3-10,18H,2,11-13H2,1H3,(H,24,26,28). The molecule has 0 aliphatic carbocycles. The van der Waals surface area contributed by atoms with Crippen molar-refractivity contribution in [3.63, 3.8) is 0 Å². The maximum absolute atomic E-state index is 12.8. The molecule has 2 heterocycles.